The number of halogens is 3. The molecule has 1 atom stereocenters. The first-order valence-electron chi connectivity index (χ1n) is 10.4. The van der Waals surface area contributed by atoms with Crippen molar-refractivity contribution in [2.45, 2.75) is 12.2 Å². The predicted octanol–water partition coefficient (Wildman–Crippen LogP) is 2.90. The zero-order valence-electron chi connectivity index (χ0n) is 18.1. The van der Waals surface area contributed by atoms with E-state index >= 15 is 0 Å². The molecule has 2 amide bonds. The Balaban J connectivity index is 1.40. The van der Waals surface area contributed by atoms with Crippen molar-refractivity contribution in [2.75, 3.05) is 26.3 Å². The van der Waals surface area contributed by atoms with Crippen LogP contribution in [-0.4, -0.2) is 59.2 Å². The number of carbonyl (C=O) groups is 2. The van der Waals surface area contributed by atoms with Gasteiger partial charge in [0.05, 0.1) is 30.9 Å². The van der Waals surface area contributed by atoms with E-state index in [0.717, 1.165) is 0 Å². The van der Waals surface area contributed by atoms with E-state index in [4.69, 9.17) is 10.00 Å². The van der Waals surface area contributed by atoms with E-state index in [1.807, 2.05) is 6.07 Å². The van der Waals surface area contributed by atoms with Crippen molar-refractivity contribution in [3.8, 4) is 17.5 Å². The lowest BCUT2D eigenvalue weighted by Gasteiger charge is -2.35. The molecule has 0 radical (unpaired) electrons. The van der Waals surface area contributed by atoms with Gasteiger partial charge in [-0.1, -0.05) is 23.4 Å². The quantitative estimate of drug-likeness (QED) is 0.590. The maximum atomic E-state index is 13.0. The monoisotopic (exact) mass is 485 g/mol. The molecule has 1 saturated heterocycles. The highest BCUT2D eigenvalue weighted by Gasteiger charge is 2.38. The van der Waals surface area contributed by atoms with Crippen molar-refractivity contribution in [1.82, 2.24) is 20.4 Å². The number of nitrogens with zero attached hydrogens (tertiary/aromatic N) is 4. The van der Waals surface area contributed by atoms with Gasteiger partial charge >= 0.3 is 12.1 Å². The molecule has 1 aromatic heterocycles. The molecular weight excluding hydrogens is 467 g/mol. The van der Waals surface area contributed by atoms with Gasteiger partial charge in [-0.05, 0) is 30.3 Å². The SMILES string of the molecule is N#Cc1cccc(C(=O)N2CCOCC2CNC(=O)c2ccc(-c3noc(C(F)(F)F)n3)cc2)c1. The Kier molecular flexibility index (Phi) is 6.79. The number of carbonyl (C=O) groups excluding carboxylic acids is 2. The largest absolute Gasteiger partial charge is 0.471 e. The van der Waals surface area contributed by atoms with Crippen molar-refractivity contribution in [2.24, 2.45) is 0 Å². The van der Waals surface area contributed by atoms with Gasteiger partial charge in [-0.15, -0.1) is 0 Å². The molecule has 180 valence electrons. The number of rotatable bonds is 5. The number of alkyl halides is 3. The Labute approximate surface area is 197 Å². The fourth-order valence-electron chi connectivity index (χ4n) is 3.52. The lowest BCUT2D eigenvalue weighted by atomic mass is 10.1. The number of amides is 2. The summed E-state index contributed by atoms with van der Waals surface area (Å²) in [5, 5.41) is 15.1. The number of nitriles is 1. The van der Waals surface area contributed by atoms with E-state index in [-0.39, 0.29) is 36.0 Å². The van der Waals surface area contributed by atoms with Gasteiger partial charge in [-0.3, -0.25) is 9.59 Å². The highest BCUT2D eigenvalue weighted by atomic mass is 19.4. The Morgan fingerprint density at radius 1 is 1.17 bits per heavy atom. The summed E-state index contributed by atoms with van der Waals surface area (Å²) in [6, 6.07) is 13.6. The van der Waals surface area contributed by atoms with Gasteiger partial charge in [0.1, 0.15) is 0 Å². The molecule has 35 heavy (non-hydrogen) atoms. The smallest absolute Gasteiger partial charge is 0.377 e. The molecule has 1 aliphatic rings. The van der Waals surface area contributed by atoms with E-state index < -0.39 is 24.0 Å². The summed E-state index contributed by atoms with van der Waals surface area (Å²) in [6.45, 7) is 1.02. The summed E-state index contributed by atoms with van der Waals surface area (Å²) in [4.78, 5) is 30.5. The normalized spacial score (nSPS) is 15.9. The van der Waals surface area contributed by atoms with Crippen LogP contribution < -0.4 is 5.32 Å². The molecule has 12 heteroatoms. The Bertz CT molecular complexity index is 1270. The summed E-state index contributed by atoms with van der Waals surface area (Å²) >= 11 is 0. The van der Waals surface area contributed by atoms with Gasteiger partial charge in [0.2, 0.25) is 5.82 Å². The molecule has 1 fully saturated rings. The summed E-state index contributed by atoms with van der Waals surface area (Å²) in [6.07, 6.45) is -4.75. The molecule has 4 rings (SSSR count). The third kappa shape index (κ3) is 5.47. The topological polar surface area (TPSA) is 121 Å². The first kappa shape index (κ1) is 23.9. The number of ether oxygens (including phenoxy) is 1. The van der Waals surface area contributed by atoms with Gasteiger partial charge in [-0.25, -0.2) is 0 Å². The van der Waals surface area contributed by atoms with E-state index in [0.29, 0.717) is 24.3 Å². The highest BCUT2D eigenvalue weighted by molar-refractivity contribution is 5.96. The second-order valence-corrected chi connectivity index (χ2v) is 7.63. The number of hydrogen-bond acceptors (Lipinski definition) is 7. The van der Waals surface area contributed by atoms with Gasteiger partial charge in [0.15, 0.2) is 0 Å². The Morgan fingerprint density at radius 3 is 2.63 bits per heavy atom. The van der Waals surface area contributed by atoms with Crippen LogP contribution in [0.2, 0.25) is 0 Å². The van der Waals surface area contributed by atoms with Crippen LogP contribution in [0.25, 0.3) is 11.4 Å². The maximum Gasteiger partial charge on any atom is 0.471 e. The van der Waals surface area contributed by atoms with Crippen molar-refractivity contribution in [3.05, 3.63) is 71.1 Å². The van der Waals surface area contributed by atoms with Crippen LogP contribution in [0.15, 0.2) is 53.1 Å². The molecule has 0 bridgehead atoms. The minimum Gasteiger partial charge on any atom is -0.377 e. The number of nitrogens with one attached hydrogen (secondary N) is 1. The van der Waals surface area contributed by atoms with Crippen LogP contribution in [0.3, 0.4) is 0 Å². The summed E-state index contributed by atoms with van der Waals surface area (Å²) in [7, 11) is 0. The van der Waals surface area contributed by atoms with Crippen LogP contribution >= 0.6 is 0 Å². The zero-order valence-corrected chi connectivity index (χ0v) is 18.1. The van der Waals surface area contributed by atoms with E-state index in [9.17, 15) is 22.8 Å². The average molecular weight is 485 g/mol. The summed E-state index contributed by atoms with van der Waals surface area (Å²) in [5.74, 6) is -2.42. The van der Waals surface area contributed by atoms with E-state index in [1.54, 1.807) is 23.1 Å². The lowest BCUT2D eigenvalue weighted by molar-refractivity contribution is -0.159. The minimum absolute atomic E-state index is 0.115. The molecule has 1 unspecified atom stereocenters. The van der Waals surface area contributed by atoms with Crippen LogP contribution in [0, 0.1) is 11.3 Å². The minimum atomic E-state index is -4.75. The number of hydrogen-bond donors (Lipinski definition) is 1. The van der Waals surface area contributed by atoms with Crippen molar-refractivity contribution < 1.29 is 32.0 Å². The molecule has 0 aliphatic carbocycles. The molecular formula is C23H18F3N5O4. The molecule has 1 N–H and O–H groups in total. The molecule has 1 aliphatic heterocycles. The first-order chi connectivity index (χ1) is 16.8. The van der Waals surface area contributed by atoms with Gasteiger partial charge < -0.3 is 19.5 Å². The van der Waals surface area contributed by atoms with Gasteiger partial charge in [0.25, 0.3) is 11.8 Å². The molecule has 0 spiro atoms. The lowest BCUT2D eigenvalue weighted by Crippen LogP contribution is -2.53. The maximum absolute atomic E-state index is 13.0. The van der Waals surface area contributed by atoms with Gasteiger partial charge in [0, 0.05) is 29.8 Å². The van der Waals surface area contributed by atoms with Crippen molar-refractivity contribution in [3.63, 3.8) is 0 Å². The van der Waals surface area contributed by atoms with Crippen LogP contribution in [0.4, 0.5) is 13.2 Å². The standard InChI is InChI=1S/C23H18F3N5O4/c24-23(25,26)22-29-19(30-35-22)15-4-6-16(7-5-15)20(32)28-12-18-13-34-9-8-31(18)21(33)17-3-1-2-14(10-17)11-27/h1-7,10,18H,8-9,12-13H2,(H,28,32). The third-order valence-corrected chi connectivity index (χ3v) is 5.30. The van der Waals surface area contributed by atoms with E-state index in [1.165, 1.54) is 30.3 Å². The van der Waals surface area contributed by atoms with Crippen LogP contribution in [0.5, 0.6) is 0 Å². The Morgan fingerprint density at radius 2 is 1.94 bits per heavy atom. The zero-order chi connectivity index (χ0) is 25.0. The van der Waals surface area contributed by atoms with Crippen molar-refractivity contribution >= 4 is 11.8 Å². The number of aromatic nitrogens is 2. The van der Waals surface area contributed by atoms with Crippen LogP contribution in [-0.2, 0) is 10.9 Å². The molecule has 3 aromatic rings. The summed E-state index contributed by atoms with van der Waals surface area (Å²) in [5.41, 5.74) is 1.24. The van der Waals surface area contributed by atoms with Crippen molar-refractivity contribution in [1.29, 1.82) is 5.26 Å². The average Bonchev–Trinajstić information content (AvgIpc) is 3.38. The van der Waals surface area contributed by atoms with Crippen LogP contribution in [0.1, 0.15) is 32.2 Å². The van der Waals surface area contributed by atoms with Gasteiger partial charge in [-0.2, -0.15) is 23.4 Å². The van der Waals surface area contributed by atoms with E-state index in [2.05, 4.69) is 20.0 Å². The third-order valence-electron chi connectivity index (χ3n) is 5.30. The number of morpholine rings is 1. The summed E-state index contributed by atoms with van der Waals surface area (Å²) < 4.78 is 47.6. The second-order valence-electron chi connectivity index (χ2n) is 7.63. The number of benzene rings is 2. The highest BCUT2D eigenvalue weighted by Crippen LogP contribution is 2.29. The predicted molar refractivity (Wildman–Crippen MR) is 114 cm³/mol. The molecule has 9 nitrogen and oxygen atoms in total. The molecule has 2 aromatic carbocycles. The first-order valence-corrected chi connectivity index (χ1v) is 10.4. The molecule has 0 saturated carbocycles. The fourth-order valence-corrected chi connectivity index (χ4v) is 3.52. The Hall–Kier alpha value is -4.24. The second kappa shape index (κ2) is 9.94. The molecule has 2 heterocycles. The fraction of sp³-hybridized carbons (Fsp3) is 0.261.